The van der Waals surface area contributed by atoms with Gasteiger partial charge in [0.2, 0.25) is 0 Å². The summed E-state index contributed by atoms with van der Waals surface area (Å²) in [5, 5.41) is 8.97. The normalized spacial score (nSPS) is 21.3. The number of nitriles is 1. The molecule has 1 aromatic carbocycles. The van der Waals surface area contributed by atoms with E-state index < -0.39 is 0 Å². The predicted molar refractivity (Wildman–Crippen MR) is 87.0 cm³/mol. The first-order chi connectivity index (χ1) is 11.2. The molecule has 0 N–H and O–H groups in total. The summed E-state index contributed by atoms with van der Waals surface area (Å²) in [6.07, 6.45) is 2.75. The highest BCUT2D eigenvalue weighted by molar-refractivity contribution is 5.94. The summed E-state index contributed by atoms with van der Waals surface area (Å²) in [5.74, 6) is 0.843. The van der Waals surface area contributed by atoms with Crippen LogP contribution in [-0.4, -0.2) is 61.6 Å². The fourth-order valence-electron chi connectivity index (χ4n) is 3.08. The average Bonchev–Trinajstić information content (AvgIpc) is 3.38. The van der Waals surface area contributed by atoms with Crippen molar-refractivity contribution in [3.63, 3.8) is 0 Å². The highest BCUT2D eigenvalue weighted by Crippen LogP contribution is 2.29. The Bertz CT molecular complexity index is 607. The Balaban J connectivity index is 1.58. The van der Waals surface area contributed by atoms with E-state index in [2.05, 4.69) is 18.0 Å². The molecule has 1 aliphatic heterocycles. The van der Waals surface area contributed by atoms with Crippen LogP contribution < -0.4 is 0 Å². The van der Waals surface area contributed by atoms with Crippen LogP contribution in [0.15, 0.2) is 24.3 Å². The number of carbonyl (C=O) groups is 1. The number of likely N-dealkylation sites (N-methyl/N-ethyl adjacent to an activating group) is 1. The quantitative estimate of drug-likeness (QED) is 0.831. The van der Waals surface area contributed by atoms with Crippen LogP contribution in [0.5, 0.6) is 0 Å². The fourth-order valence-corrected chi connectivity index (χ4v) is 3.08. The van der Waals surface area contributed by atoms with Gasteiger partial charge in [0.05, 0.1) is 24.3 Å². The molecule has 5 heteroatoms. The SMILES string of the molecule is CN(CC1CC1)CC1CN(C(=O)c2cccc(C#N)c2)CCO1. The van der Waals surface area contributed by atoms with Gasteiger partial charge in [-0.15, -0.1) is 0 Å². The van der Waals surface area contributed by atoms with Gasteiger partial charge < -0.3 is 14.5 Å². The van der Waals surface area contributed by atoms with Gasteiger partial charge in [0, 0.05) is 31.7 Å². The van der Waals surface area contributed by atoms with Crippen LogP contribution in [0.3, 0.4) is 0 Å². The molecule has 5 nitrogen and oxygen atoms in total. The molecule has 1 saturated carbocycles. The Morgan fingerprint density at radius 2 is 2.26 bits per heavy atom. The van der Waals surface area contributed by atoms with Gasteiger partial charge in [-0.05, 0) is 44.0 Å². The van der Waals surface area contributed by atoms with Crippen molar-refractivity contribution in [2.75, 3.05) is 39.8 Å². The minimum absolute atomic E-state index is 0.0137. The van der Waals surface area contributed by atoms with Crippen LogP contribution in [-0.2, 0) is 4.74 Å². The van der Waals surface area contributed by atoms with Gasteiger partial charge >= 0.3 is 0 Å². The van der Waals surface area contributed by atoms with E-state index >= 15 is 0 Å². The Morgan fingerprint density at radius 1 is 1.43 bits per heavy atom. The Labute approximate surface area is 137 Å². The van der Waals surface area contributed by atoms with Gasteiger partial charge in [-0.2, -0.15) is 5.26 Å². The summed E-state index contributed by atoms with van der Waals surface area (Å²) < 4.78 is 5.82. The van der Waals surface area contributed by atoms with Gasteiger partial charge in [0.1, 0.15) is 0 Å². The smallest absolute Gasteiger partial charge is 0.254 e. The van der Waals surface area contributed by atoms with E-state index in [4.69, 9.17) is 10.00 Å². The number of amides is 1. The van der Waals surface area contributed by atoms with Gasteiger partial charge in [-0.3, -0.25) is 4.79 Å². The zero-order valence-electron chi connectivity index (χ0n) is 13.6. The van der Waals surface area contributed by atoms with Crippen molar-refractivity contribution in [3.05, 3.63) is 35.4 Å². The van der Waals surface area contributed by atoms with Crippen molar-refractivity contribution in [1.82, 2.24) is 9.80 Å². The predicted octanol–water partition coefficient (Wildman–Crippen LogP) is 1.74. The minimum Gasteiger partial charge on any atom is -0.373 e. The zero-order valence-corrected chi connectivity index (χ0v) is 13.6. The second-order valence-electron chi connectivity index (χ2n) is 6.60. The molecule has 2 aliphatic rings. The standard InChI is InChI=1S/C18H23N3O2/c1-20(11-14-5-6-14)12-17-13-21(7-8-23-17)18(22)16-4-2-3-15(9-16)10-19/h2-4,9,14,17H,5-8,11-13H2,1H3. The Kier molecular flexibility index (Phi) is 4.94. The number of carbonyl (C=O) groups excluding carboxylic acids is 1. The molecule has 1 aliphatic carbocycles. The van der Waals surface area contributed by atoms with Gasteiger partial charge in [0.25, 0.3) is 5.91 Å². The monoisotopic (exact) mass is 313 g/mol. The van der Waals surface area contributed by atoms with Crippen LogP contribution in [0.1, 0.15) is 28.8 Å². The number of ether oxygens (including phenoxy) is 1. The summed E-state index contributed by atoms with van der Waals surface area (Å²) in [7, 11) is 2.12. The lowest BCUT2D eigenvalue weighted by molar-refractivity contribution is -0.0334. The molecule has 122 valence electrons. The summed E-state index contributed by atoms with van der Waals surface area (Å²) in [6, 6.07) is 8.98. The summed E-state index contributed by atoms with van der Waals surface area (Å²) in [4.78, 5) is 16.8. The lowest BCUT2D eigenvalue weighted by Gasteiger charge is -2.35. The van der Waals surface area contributed by atoms with Crippen LogP contribution >= 0.6 is 0 Å². The highest BCUT2D eigenvalue weighted by atomic mass is 16.5. The van der Waals surface area contributed by atoms with E-state index in [1.165, 1.54) is 12.8 Å². The third kappa shape index (κ3) is 4.31. The molecule has 23 heavy (non-hydrogen) atoms. The van der Waals surface area contributed by atoms with Crippen LogP contribution in [0.4, 0.5) is 0 Å². The molecular formula is C18H23N3O2. The van der Waals surface area contributed by atoms with E-state index in [0.717, 1.165) is 19.0 Å². The average molecular weight is 313 g/mol. The maximum Gasteiger partial charge on any atom is 0.254 e. The number of benzene rings is 1. The van der Waals surface area contributed by atoms with Gasteiger partial charge in [-0.1, -0.05) is 6.07 Å². The van der Waals surface area contributed by atoms with E-state index in [0.29, 0.717) is 30.8 Å². The highest BCUT2D eigenvalue weighted by Gasteiger charge is 2.28. The third-order valence-corrected chi connectivity index (χ3v) is 4.45. The molecule has 1 heterocycles. The van der Waals surface area contributed by atoms with Crippen LogP contribution in [0.25, 0.3) is 0 Å². The second-order valence-corrected chi connectivity index (χ2v) is 6.60. The molecule has 2 fully saturated rings. The molecular weight excluding hydrogens is 290 g/mol. The molecule has 1 amide bonds. The topological polar surface area (TPSA) is 56.6 Å². The van der Waals surface area contributed by atoms with E-state index in [9.17, 15) is 4.79 Å². The van der Waals surface area contributed by atoms with Crippen molar-refractivity contribution in [2.24, 2.45) is 5.92 Å². The van der Waals surface area contributed by atoms with E-state index in [1.54, 1.807) is 24.3 Å². The lowest BCUT2D eigenvalue weighted by atomic mass is 10.1. The number of rotatable bonds is 5. The molecule has 0 radical (unpaired) electrons. The molecule has 0 aromatic heterocycles. The van der Waals surface area contributed by atoms with Crippen molar-refractivity contribution in [3.8, 4) is 6.07 Å². The minimum atomic E-state index is -0.0137. The molecule has 3 rings (SSSR count). The Hall–Kier alpha value is -1.90. The maximum absolute atomic E-state index is 12.6. The van der Waals surface area contributed by atoms with Crippen molar-refractivity contribution in [1.29, 1.82) is 5.26 Å². The second kappa shape index (κ2) is 7.12. The summed E-state index contributed by atoms with van der Waals surface area (Å²) >= 11 is 0. The van der Waals surface area contributed by atoms with Crippen LogP contribution in [0, 0.1) is 17.2 Å². The fraction of sp³-hybridized carbons (Fsp3) is 0.556. The van der Waals surface area contributed by atoms with Crippen molar-refractivity contribution >= 4 is 5.91 Å². The molecule has 1 aromatic rings. The molecule has 1 unspecified atom stereocenters. The largest absolute Gasteiger partial charge is 0.373 e. The van der Waals surface area contributed by atoms with Crippen molar-refractivity contribution < 1.29 is 9.53 Å². The molecule has 1 saturated heterocycles. The molecule has 1 atom stereocenters. The number of hydrogen-bond donors (Lipinski definition) is 0. The van der Waals surface area contributed by atoms with E-state index in [-0.39, 0.29) is 12.0 Å². The first-order valence-corrected chi connectivity index (χ1v) is 8.25. The van der Waals surface area contributed by atoms with Crippen LogP contribution in [0.2, 0.25) is 0 Å². The van der Waals surface area contributed by atoms with Gasteiger partial charge in [0.15, 0.2) is 0 Å². The maximum atomic E-state index is 12.6. The molecule has 0 bridgehead atoms. The first-order valence-electron chi connectivity index (χ1n) is 8.25. The van der Waals surface area contributed by atoms with Crippen molar-refractivity contribution in [2.45, 2.75) is 18.9 Å². The van der Waals surface area contributed by atoms with Gasteiger partial charge in [-0.25, -0.2) is 0 Å². The summed E-state index contributed by atoms with van der Waals surface area (Å²) in [5.41, 5.74) is 1.10. The Morgan fingerprint density at radius 3 is 3.00 bits per heavy atom. The zero-order chi connectivity index (χ0) is 16.2. The third-order valence-electron chi connectivity index (χ3n) is 4.45. The lowest BCUT2D eigenvalue weighted by Crippen LogP contribution is -2.49. The summed E-state index contributed by atoms with van der Waals surface area (Å²) in [6.45, 7) is 3.78. The number of hydrogen-bond acceptors (Lipinski definition) is 4. The number of nitrogens with zero attached hydrogens (tertiary/aromatic N) is 3. The number of morpholine rings is 1. The van der Waals surface area contributed by atoms with E-state index in [1.807, 2.05) is 4.90 Å². The first kappa shape index (κ1) is 16.0. The molecule has 0 spiro atoms.